The van der Waals surface area contributed by atoms with Gasteiger partial charge in [-0.3, -0.25) is 14.6 Å². The van der Waals surface area contributed by atoms with Crippen molar-refractivity contribution in [2.75, 3.05) is 0 Å². The van der Waals surface area contributed by atoms with Crippen LogP contribution in [0.2, 0.25) is 0 Å². The lowest BCUT2D eigenvalue weighted by Crippen LogP contribution is -2.27. The second kappa shape index (κ2) is 4.64. The fourth-order valence-corrected chi connectivity index (χ4v) is 2.58. The third-order valence-electron chi connectivity index (χ3n) is 3.97. The molecule has 5 heteroatoms. The first-order valence-electron chi connectivity index (χ1n) is 6.25. The summed E-state index contributed by atoms with van der Waals surface area (Å²) in [6.07, 6.45) is 3.41. The third-order valence-corrected chi connectivity index (χ3v) is 3.97. The topological polar surface area (TPSA) is 79.3 Å². The van der Waals surface area contributed by atoms with Gasteiger partial charge in [0.15, 0.2) is 0 Å². The number of amides is 1. The standard InChI is InChI=1S/C14H18N2O3/c1-8-6-15-5-4-9(8)7-16-12(17)10-11(13(18)19)14(10,2)3/h4-6,10-11H,7H2,1-3H3,(H,16,17)(H,18,19)/t10-,11+/m0/s1. The Balaban J connectivity index is 1.97. The molecule has 0 saturated heterocycles. The molecule has 19 heavy (non-hydrogen) atoms. The van der Waals surface area contributed by atoms with Crippen LogP contribution in [-0.2, 0) is 16.1 Å². The molecule has 5 nitrogen and oxygen atoms in total. The number of aromatic nitrogens is 1. The van der Waals surface area contributed by atoms with Crippen LogP contribution >= 0.6 is 0 Å². The maximum absolute atomic E-state index is 12.0. The zero-order valence-corrected chi connectivity index (χ0v) is 11.3. The van der Waals surface area contributed by atoms with E-state index in [2.05, 4.69) is 10.3 Å². The van der Waals surface area contributed by atoms with Crippen LogP contribution in [-0.4, -0.2) is 22.0 Å². The van der Waals surface area contributed by atoms with E-state index in [1.165, 1.54) is 0 Å². The van der Waals surface area contributed by atoms with Crippen molar-refractivity contribution in [2.24, 2.45) is 17.3 Å². The maximum Gasteiger partial charge on any atom is 0.307 e. The van der Waals surface area contributed by atoms with E-state index >= 15 is 0 Å². The van der Waals surface area contributed by atoms with Crippen LogP contribution in [0.3, 0.4) is 0 Å². The van der Waals surface area contributed by atoms with Crippen molar-refractivity contribution in [2.45, 2.75) is 27.3 Å². The van der Waals surface area contributed by atoms with Crippen molar-refractivity contribution >= 4 is 11.9 Å². The average molecular weight is 262 g/mol. The van der Waals surface area contributed by atoms with E-state index < -0.39 is 23.2 Å². The highest BCUT2D eigenvalue weighted by Crippen LogP contribution is 2.58. The second-order valence-electron chi connectivity index (χ2n) is 5.63. The molecule has 1 fully saturated rings. The van der Waals surface area contributed by atoms with Gasteiger partial charge in [0, 0.05) is 18.9 Å². The van der Waals surface area contributed by atoms with Gasteiger partial charge in [-0.05, 0) is 29.5 Å². The summed E-state index contributed by atoms with van der Waals surface area (Å²) < 4.78 is 0. The number of hydrogen-bond acceptors (Lipinski definition) is 3. The molecule has 0 spiro atoms. The highest BCUT2D eigenvalue weighted by molar-refractivity contribution is 5.91. The number of nitrogens with zero attached hydrogens (tertiary/aromatic N) is 1. The first kappa shape index (κ1) is 13.5. The van der Waals surface area contributed by atoms with Gasteiger partial charge in [-0.25, -0.2) is 0 Å². The van der Waals surface area contributed by atoms with Crippen LogP contribution in [0.5, 0.6) is 0 Å². The first-order chi connectivity index (χ1) is 8.85. The summed E-state index contributed by atoms with van der Waals surface area (Å²) in [5.74, 6) is -2.10. The number of aryl methyl sites for hydroxylation is 1. The molecule has 102 valence electrons. The molecule has 2 atom stereocenters. The normalized spacial score (nSPS) is 23.7. The molecule has 0 radical (unpaired) electrons. The fourth-order valence-electron chi connectivity index (χ4n) is 2.58. The molecular formula is C14H18N2O3. The van der Waals surface area contributed by atoms with Gasteiger partial charge in [-0.2, -0.15) is 0 Å². The van der Waals surface area contributed by atoms with E-state index in [0.29, 0.717) is 6.54 Å². The zero-order valence-electron chi connectivity index (χ0n) is 11.3. The number of aliphatic carboxylic acids is 1. The molecule has 0 unspecified atom stereocenters. The maximum atomic E-state index is 12.0. The summed E-state index contributed by atoms with van der Waals surface area (Å²) in [5.41, 5.74) is 1.55. The first-order valence-corrected chi connectivity index (χ1v) is 6.25. The molecule has 0 bridgehead atoms. The number of carbonyl (C=O) groups is 2. The van der Waals surface area contributed by atoms with Gasteiger partial charge in [-0.1, -0.05) is 13.8 Å². The largest absolute Gasteiger partial charge is 0.481 e. The summed E-state index contributed by atoms with van der Waals surface area (Å²) in [5, 5.41) is 11.9. The molecular weight excluding hydrogens is 244 g/mol. The van der Waals surface area contributed by atoms with E-state index in [4.69, 9.17) is 5.11 Å². The van der Waals surface area contributed by atoms with Crippen molar-refractivity contribution < 1.29 is 14.7 Å². The summed E-state index contributed by atoms with van der Waals surface area (Å²) in [4.78, 5) is 27.0. The Labute approximate surface area is 112 Å². The molecule has 2 rings (SSSR count). The third kappa shape index (κ3) is 2.45. The monoisotopic (exact) mass is 262 g/mol. The van der Waals surface area contributed by atoms with Crippen molar-refractivity contribution in [3.05, 3.63) is 29.6 Å². The zero-order chi connectivity index (χ0) is 14.2. The summed E-state index contributed by atoms with van der Waals surface area (Å²) in [6.45, 7) is 5.96. The molecule has 1 aliphatic rings. The number of carboxylic acids is 1. The lowest BCUT2D eigenvalue weighted by atomic mass is 10.1. The number of hydrogen-bond donors (Lipinski definition) is 2. The van der Waals surface area contributed by atoms with Crippen LogP contribution in [0.4, 0.5) is 0 Å². The van der Waals surface area contributed by atoms with Crippen LogP contribution in [0.1, 0.15) is 25.0 Å². The van der Waals surface area contributed by atoms with Gasteiger partial charge < -0.3 is 10.4 Å². The molecule has 1 aliphatic carbocycles. The van der Waals surface area contributed by atoms with E-state index in [1.807, 2.05) is 26.8 Å². The molecule has 1 heterocycles. The SMILES string of the molecule is Cc1cnccc1CNC(=O)[C@@H]1[C@H](C(=O)O)C1(C)C. The summed E-state index contributed by atoms with van der Waals surface area (Å²) >= 11 is 0. The molecule has 1 aromatic heterocycles. The van der Waals surface area contributed by atoms with E-state index in [9.17, 15) is 9.59 Å². The Hall–Kier alpha value is -1.91. The Kier molecular flexibility index (Phi) is 3.30. The summed E-state index contributed by atoms with van der Waals surface area (Å²) in [6, 6.07) is 1.85. The van der Waals surface area contributed by atoms with Crippen LogP contribution in [0.25, 0.3) is 0 Å². The van der Waals surface area contributed by atoms with E-state index in [0.717, 1.165) is 11.1 Å². The number of pyridine rings is 1. The summed E-state index contributed by atoms with van der Waals surface area (Å²) in [7, 11) is 0. The van der Waals surface area contributed by atoms with Crippen LogP contribution in [0.15, 0.2) is 18.5 Å². The van der Waals surface area contributed by atoms with Crippen LogP contribution < -0.4 is 5.32 Å². The Morgan fingerprint density at radius 1 is 1.42 bits per heavy atom. The highest BCUT2D eigenvalue weighted by atomic mass is 16.4. The van der Waals surface area contributed by atoms with Gasteiger partial charge >= 0.3 is 5.97 Å². The van der Waals surface area contributed by atoms with Crippen molar-refractivity contribution in [3.8, 4) is 0 Å². The molecule has 1 amide bonds. The molecule has 0 aromatic carbocycles. The number of rotatable bonds is 4. The minimum atomic E-state index is -0.898. The number of carboxylic acid groups (broad SMARTS) is 1. The Morgan fingerprint density at radius 2 is 2.11 bits per heavy atom. The Morgan fingerprint density at radius 3 is 2.63 bits per heavy atom. The fraction of sp³-hybridized carbons (Fsp3) is 0.500. The minimum absolute atomic E-state index is 0.186. The van der Waals surface area contributed by atoms with Crippen molar-refractivity contribution in [3.63, 3.8) is 0 Å². The van der Waals surface area contributed by atoms with Gasteiger partial charge in [0.25, 0.3) is 0 Å². The van der Waals surface area contributed by atoms with Gasteiger partial charge in [-0.15, -0.1) is 0 Å². The van der Waals surface area contributed by atoms with Crippen LogP contribution in [0, 0.1) is 24.2 Å². The predicted molar refractivity (Wildman–Crippen MR) is 69.2 cm³/mol. The van der Waals surface area contributed by atoms with Gasteiger partial charge in [0.05, 0.1) is 11.8 Å². The average Bonchev–Trinajstić information content (AvgIpc) is 2.91. The smallest absolute Gasteiger partial charge is 0.307 e. The lowest BCUT2D eigenvalue weighted by Gasteiger charge is -2.08. The second-order valence-corrected chi connectivity index (χ2v) is 5.63. The van der Waals surface area contributed by atoms with Crippen molar-refractivity contribution in [1.82, 2.24) is 10.3 Å². The molecule has 1 saturated carbocycles. The lowest BCUT2D eigenvalue weighted by molar-refractivity contribution is -0.140. The van der Waals surface area contributed by atoms with E-state index in [-0.39, 0.29) is 5.91 Å². The molecule has 2 N–H and O–H groups in total. The number of nitrogens with one attached hydrogen (secondary N) is 1. The molecule has 1 aromatic rings. The Bertz CT molecular complexity index is 525. The quantitative estimate of drug-likeness (QED) is 0.858. The minimum Gasteiger partial charge on any atom is -0.481 e. The highest BCUT2D eigenvalue weighted by Gasteiger charge is 2.65. The number of carbonyl (C=O) groups excluding carboxylic acids is 1. The molecule has 0 aliphatic heterocycles. The van der Waals surface area contributed by atoms with Crippen molar-refractivity contribution in [1.29, 1.82) is 0 Å². The van der Waals surface area contributed by atoms with E-state index in [1.54, 1.807) is 12.4 Å². The predicted octanol–water partition coefficient (Wildman–Crippen LogP) is 1.36. The van der Waals surface area contributed by atoms with Gasteiger partial charge in [0.2, 0.25) is 5.91 Å². The van der Waals surface area contributed by atoms with Gasteiger partial charge in [0.1, 0.15) is 0 Å².